The molecule has 1 saturated carbocycles. The SMILES string of the molecule is Nc1cnc(CNC2CC2c2ccc(OCc3ccccc3)cc2)cn1. The van der Waals surface area contributed by atoms with Gasteiger partial charge in [0.25, 0.3) is 0 Å². The van der Waals surface area contributed by atoms with E-state index in [2.05, 4.69) is 51.7 Å². The first-order valence-corrected chi connectivity index (χ1v) is 8.84. The predicted octanol–water partition coefficient (Wildman–Crippen LogP) is 3.28. The van der Waals surface area contributed by atoms with Crippen molar-refractivity contribution in [2.24, 2.45) is 0 Å². The van der Waals surface area contributed by atoms with Crippen LogP contribution in [-0.4, -0.2) is 16.0 Å². The van der Waals surface area contributed by atoms with Crippen molar-refractivity contribution in [3.63, 3.8) is 0 Å². The molecule has 1 heterocycles. The molecule has 2 aromatic carbocycles. The Bertz CT molecular complexity index is 834. The van der Waals surface area contributed by atoms with Crippen molar-refractivity contribution in [3.05, 3.63) is 83.8 Å². The van der Waals surface area contributed by atoms with Crippen molar-refractivity contribution in [3.8, 4) is 5.75 Å². The molecule has 0 amide bonds. The Morgan fingerprint density at radius 2 is 1.81 bits per heavy atom. The summed E-state index contributed by atoms with van der Waals surface area (Å²) in [4.78, 5) is 8.33. The molecule has 5 heteroatoms. The van der Waals surface area contributed by atoms with Gasteiger partial charge in [0.1, 0.15) is 18.2 Å². The summed E-state index contributed by atoms with van der Waals surface area (Å²) in [5.41, 5.74) is 8.99. The Morgan fingerprint density at radius 1 is 1.00 bits per heavy atom. The van der Waals surface area contributed by atoms with Crippen molar-refractivity contribution in [1.29, 1.82) is 0 Å². The molecule has 1 fully saturated rings. The number of nitrogens with zero attached hydrogens (tertiary/aromatic N) is 2. The van der Waals surface area contributed by atoms with Gasteiger partial charge in [0, 0.05) is 18.5 Å². The zero-order valence-electron chi connectivity index (χ0n) is 14.5. The minimum absolute atomic E-state index is 0.452. The monoisotopic (exact) mass is 346 g/mol. The number of nitrogens with one attached hydrogen (secondary N) is 1. The summed E-state index contributed by atoms with van der Waals surface area (Å²) in [6.07, 6.45) is 4.46. The van der Waals surface area contributed by atoms with E-state index in [1.807, 2.05) is 18.2 Å². The second-order valence-corrected chi connectivity index (χ2v) is 6.61. The molecule has 3 N–H and O–H groups in total. The van der Waals surface area contributed by atoms with E-state index in [-0.39, 0.29) is 0 Å². The predicted molar refractivity (Wildman–Crippen MR) is 102 cm³/mol. The van der Waals surface area contributed by atoms with Gasteiger partial charge in [-0.15, -0.1) is 0 Å². The molecule has 2 unspecified atom stereocenters. The van der Waals surface area contributed by atoms with Gasteiger partial charge < -0.3 is 15.8 Å². The minimum atomic E-state index is 0.452. The third kappa shape index (κ3) is 4.18. The molecular weight excluding hydrogens is 324 g/mol. The van der Waals surface area contributed by atoms with Gasteiger partial charge in [-0.25, -0.2) is 4.98 Å². The van der Waals surface area contributed by atoms with Crippen LogP contribution in [0.4, 0.5) is 5.82 Å². The average molecular weight is 346 g/mol. The van der Waals surface area contributed by atoms with Gasteiger partial charge >= 0.3 is 0 Å². The van der Waals surface area contributed by atoms with Crippen LogP contribution in [0.3, 0.4) is 0 Å². The van der Waals surface area contributed by atoms with Gasteiger partial charge in [-0.1, -0.05) is 42.5 Å². The average Bonchev–Trinajstić information content (AvgIpc) is 3.47. The van der Waals surface area contributed by atoms with E-state index in [1.165, 1.54) is 11.1 Å². The number of anilines is 1. The number of ether oxygens (including phenoxy) is 1. The molecule has 4 rings (SSSR count). The molecule has 3 aromatic rings. The number of aromatic nitrogens is 2. The largest absolute Gasteiger partial charge is 0.489 e. The highest BCUT2D eigenvalue weighted by atomic mass is 16.5. The number of benzene rings is 2. The van der Waals surface area contributed by atoms with E-state index in [9.17, 15) is 0 Å². The summed E-state index contributed by atoms with van der Waals surface area (Å²) in [5.74, 6) is 1.91. The fourth-order valence-electron chi connectivity index (χ4n) is 3.03. The van der Waals surface area contributed by atoms with E-state index in [1.54, 1.807) is 12.4 Å². The minimum Gasteiger partial charge on any atom is -0.489 e. The van der Waals surface area contributed by atoms with Crippen LogP contribution in [0, 0.1) is 0 Å². The van der Waals surface area contributed by atoms with Crippen LogP contribution >= 0.6 is 0 Å². The molecule has 1 aliphatic rings. The van der Waals surface area contributed by atoms with Crippen LogP contribution in [0.15, 0.2) is 67.0 Å². The van der Waals surface area contributed by atoms with Gasteiger partial charge in [-0.3, -0.25) is 4.98 Å². The smallest absolute Gasteiger partial charge is 0.141 e. The molecule has 2 atom stereocenters. The second-order valence-electron chi connectivity index (χ2n) is 6.61. The van der Waals surface area contributed by atoms with Gasteiger partial charge in [0.15, 0.2) is 0 Å². The lowest BCUT2D eigenvalue weighted by Crippen LogP contribution is -2.18. The molecule has 26 heavy (non-hydrogen) atoms. The number of rotatable bonds is 7. The fourth-order valence-corrected chi connectivity index (χ4v) is 3.03. The Balaban J connectivity index is 1.26. The Morgan fingerprint density at radius 3 is 2.54 bits per heavy atom. The number of nitrogen functional groups attached to an aromatic ring is 1. The highest BCUT2D eigenvalue weighted by Gasteiger charge is 2.37. The molecule has 0 spiro atoms. The van der Waals surface area contributed by atoms with Crippen LogP contribution in [-0.2, 0) is 13.2 Å². The molecular formula is C21H22N4O. The van der Waals surface area contributed by atoms with Crippen molar-refractivity contribution in [2.75, 3.05) is 5.73 Å². The Labute approximate surface area is 153 Å². The van der Waals surface area contributed by atoms with Crippen molar-refractivity contribution in [2.45, 2.75) is 31.5 Å². The normalized spacial score (nSPS) is 18.5. The molecule has 0 saturated heterocycles. The van der Waals surface area contributed by atoms with Gasteiger partial charge in [0.05, 0.1) is 18.1 Å². The third-order valence-corrected chi connectivity index (χ3v) is 4.62. The van der Waals surface area contributed by atoms with E-state index < -0.39 is 0 Å². The van der Waals surface area contributed by atoms with Crippen LogP contribution in [0.1, 0.15) is 29.2 Å². The third-order valence-electron chi connectivity index (χ3n) is 4.62. The van der Waals surface area contributed by atoms with Crippen molar-refractivity contribution < 1.29 is 4.74 Å². The van der Waals surface area contributed by atoms with E-state index in [0.717, 1.165) is 17.9 Å². The first kappa shape index (κ1) is 16.5. The number of hydrogen-bond acceptors (Lipinski definition) is 5. The fraction of sp³-hybridized carbons (Fsp3) is 0.238. The molecule has 132 valence electrons. The highest BCUT2D eigenvalue weighted by Crippen LogP contribution is 2.41. The van der Waals surface area contributed by atoms with E-state index in [4.69, 9.17) is 10.5 Å². The lowest BCUT2D eigenvalue weighted by atomic mass is 10.1. The quantitative estimate of drug-likeness (QED) is 0.687. The summed E-state index contributed by atoms with van der Waals surface area (Å²) in [6, 6.07) is 19.1. The first-order valence-electron chi connectivity index (χ1n) is 8.84. The maximum Gasteiger partial charge on any atom is 0.141 e. The highest BCUT2D eigenvalue weighted by molar-refractivity contribution is 5.34. The maximum absolute atomic E-state index is 5.85. The van der Waals surface area contributed by atoms with Gasteiger partial charge in [-0.05, 0) is 29.7 Å². The summed E-state index contributed by atoms with van der Waals surface area (Å²) in [5, 5.41) is 3.53. The van der Waals surface area contributed by atoms with Crippen LogP contribution in [0.25, 0.3) is 0 Å². The lowest BCUT2D eigenvalue weighted by molar-refractivity contribution is 0.306. The summed E-state index contributed by atoms with van der Waals surface area (Å²) in [7, 11) is 0. The van der Waals surface area contributed by atoms with Crippen molar-refractivity contribution >= 4 is 5.82 Å². The molecule has 5 nitrogen and oxygen atoms in total. The molecule has 0 radical (unpaired) electrons. The number of hydrogen-bond donors (Lipinski definition) is 2. The number of nitrogens with two attached hydrogens (primary N) is 1. The maximum atomic E-state index is 5.85. The second kappa shape index (κ2) is 7.54. The molecule has 0 bridgehead atoms. The molecule has 0 aliphatic heterocycles. The zero-order valence-corrected chi connectivity index (χ0v) is 14.5. The standard InChI is InChI=1S/C21H22N4O/c22-21-13-23-17(12-25-21)11-24-20-10-19(20)16-6-8-18(9-7-16)26-14-15-4-2-1-3-5-15/h1-9,12-13,19-20,24H,10-11,14H2,(H2,22,25). The van der Waals surface area contributed by atoms with Crippen LogP contribution in [0.5, 0.6) is 5.75 Å². The Hall–Kier alpha value is -2.92. The van der Waals surface area contributed by atoms with Crippen molar-refractivity contribution in [1.82, 2.24) is 15.3 Å². The topological polar surface area (TPSA) is 73.1 Å². The zero-order chi connectivity index (χ0) is 17.8. The van der Waals surface area contributed by atoms with Crippen LogP contribution in [0.2, 0.25) is 0 Å². The summed E-state index contributed by atoms with van der Waals surface area (Å²) < 4.78 is 5.85. The summed E-state index contributed by atoms with van der Waals surface area (Å²) >= 11 is 0. The lowest BCUT2D eigenvalue weighted by Gasteiger charge is -2.08. The molecule has 1 aromatic heterocycles. The Kier molecular flexibility index (Phi) is 4.80. The first-order chi connectivity index (χ1) is 12.8. The van der Waals surface area contributed by atoms with Crippen LogP contribution < -0.4 is 15.8 Å². The van der Waals surface area contributed by atoms with E-state index in [0.29, 0.717) is 30.9 Å². The van der Waals surface area contributed by atoms with Gasteiger partial charge in [-0.2, -0.15) is 0 Å². The van der Waals surface area contributed by atoms with E-state index >= 15 is 0 Å². The summed E-state index contributed by atoms with van der Waals surface area (Å²) in [6.45, 7) is 1.31. The molecule has 1 aliphatic carbocycles. The van der Waals surface area contributed by atoms with Gasteiger partial charge in [0.2, 0.25) is 0 Å².